The zero-order valence-electron chi connectivity index (χ0n) is 13.0. The Morgan fingerprint density at radius 1 is 1.35 bits per heavy atom. The second-order valence-corrected chi connectivity index (χ2v) is 5.94. The average molecular weight is 279 g/mol. The van der Waals surface area contributed by atoms with Crippen molar-refractivity contribution in [3.63, 3.8) is 0 Å². The van der Waals surface area contributed by atoms with E-state index in [1.54, 1.807) is 0 Å². The second kappa shape index (κ2) is 8.42. The van der Waals surface area contributed by atoms with E-state index in [1.165, 1.54) is 38.8 Å². The highest BCUT2D eigenvalue weighted by Crippen LogP contribution is 2.21. The van der Waals surface area contributed by atoms with Gasteiger partial charge in [0.25, 0.3) is 0 Å². The lowest BCUT2D eigenvalue weighted by atomic mass is 9.98. The van der Waals surface area contributed by atoms with Crippen LogP contribution in [0.15, 0.2) is 10.6 Å². The summed E-state index contributed by atoms with van der Waals surface area (Å²) < 4.78 is 5.46. The number of nitrogens with one attached hydrogen (secondary N) is 1. The first-order valence-electron chi connectivity index (χ1n) is 8.19. The van der Waals surface area contributed by atoms with Crippen molar-refractivity contribution in [2.75, 3.05) is 19.6 Å². The van der Waals surface area contributed by atoms with E-state index < -0.39 is 0 Å². The number of nitrogens with zero attached hydrogens (tertiary/aromatic N) is 2. The van der Waals surface area contributed by atoms with E-state index in [9.17, 15) is 0 Å². The average Bonchev–Trinajstić information content (AvgIpc) is 2.77. The van der Waals surface area contributed by atoms with Crippen LogP contribution in [-0.4, -0.2) is 29.7 Å². The van der Waals surface area contributed by atoms with Gasteiger partial charge in [0.2, 0.25) is 0 Å². The molecular weight excluding hydrogens is 250 g/mol. The first kappa shape index (κ1) is 15.5. The third-order valence-corrected chi connectivity index (χ3v) is 4.24. The fourth-order valence-corrected chi connectivity index (χ4v) is 2.92. The Morgan fingerprint density at radius 2 is 2.25 bits per heavy atom. The minimum absolute atomic E-state index is 0.815. The largest absolute Gasteiger partial charge is 0.360 e. The number of aromatic nitrogens is 1. The van der Waals surface area contributed by atoms with E-state index >= 15 is 0 Å². The van der Waals surface area contributed by atoms with Crippen molar-refractivity contribution in [1.82, 2.24) is 15.4 Å². The van der Waals surface area contributed by atoms with Gasteiger partial charge in [-0.05, 0) is 51.2 Å². The Morgan fingerprint density at radius 3 is 3.05 bits per heavy atom. The van der Waals surface area contributed by atoms with E-state index in [4.69, 9.17) is 4.52 Å². The van der Waals surface area contributed by atoms with Gasteiger partial charge in [-0.15, -0.1) is 0 Å². The molecule has 20 heavy (non-hydrogen) atoms. The first-order chi connectivity index (χ1) is 9.81. The summed E-state index contributed by atoms with van der Waals surface area (Å²) in [6.45, 7) is 9.64. The molecular formula is C16H29N3O. The lowest BCUT2D eigenvalue weighted by molar-refractivity contribution is 0.235. The number of likely N-dealkylation sites (tertiary alicyclic amines) is 1. The van der Waals surface area contributed by atoms with Gasteiger partial charge in [0.15, 0.2) is 5.76 Å². The molecule has 4 heteroatoms. The van der Waals surface area contributed by atoms with E-state index in [2.05, 4.69) is 35.3 Å². The molecule has 0 aliphatic carbocycles. The third kappa shape index (κ3) is 4.91. The molecule has 114 valence electrons. The molecule has 0 aromatic carbocycles. The molecule has 1 N–H and O–H groups in total. The zero-order chi connectivity index (χ0) is 14.2. The molecule has 1 fully saturated rings. The fourth-order valence-electron chi connectivity index (χ4n) is 2.92. The summed E-state index contributed by atoms with van der Waals surface area (Å²) in [5.74, 6) is 1.93. The normalized spacial score (nSPS) is 21.0. The van der Waals surface area contributed by atoms with Crippen LogP contribution in [0.1, 0.15) is 57.4 Å². The van der Waals surface area contributed by atoms with Gasteiger partial charge in [-0.3, -0.25) is 4.90 Å². The van der Waals surface area contributed by atoms with Crippen LogP contribution in [-0.2, 0) is 13.1 Å². The lowest BCUT2D eigenvalue weighted by Crippen LogP contribution is -2.24. The summed E-state index contributed by atoms with van der Waals surface area (Å²) in [4.78, 5) is 2.51. The van der Waals surface area contributed by atoms with Crippen molar-refractivity contribution in [3.8, 4) is 0 Å². The van der Waals surface area contributed by atoms with Crippen LogP contribution in [0.25, 0.3) is 0 Å². The quantitative estimate of drug-likeness (QED) is 0.778. The van der Waals surface area contributed by atoms with Gasteiger partial charge >= 0.3 is 0 Å². The molecule has 2 heterocycles. The maximum absolute atomic E-state index is 5.46. The Bertz CT molecular complexity index is 378. The molecule has 0 amide bonds. The molecule has 0 bridgehead atoms. The highest BCUT2D eigenvalue weighted by Gasteiger charge is 2.17. The number of rotatable bonds is 7. The van der Waals surface area contributed by atoms with Crippen molar-refractivity contribution in [3.05, 3.63) is 17.5 Å². The number of hydrogen-bond donors (Lipinski definition) is 1. The topological polar surface area (TPSA) is 41.3 Å². The second-order valence-electron chi connectivity index (χ2n) is 5.94. The SMILES string of the molecule is CCCNCc1cc(CN2CCCC(CC)CC2)on1. The molecule has 1 aromatic rings. The molecule has 0 radical (unpaired) electrons. The van der Waals surface area contributed by atoms with Gasteiger partial charge in [-0.25, -0.2) is 0 Å². The van der Waals surface area contributed by atoms with Gasteiger partial charge in [-0.1, -0.05) is 25.4 Å². The monoisotopic (exact) mass is 279 g/mol. The minimum Gasteiger partial charge on any atom is -0.360 e. The summed E-state index contributed by atoms with van der Waals surface area (Å²) >= 11 is 0. The van der Waals surface area contributed by atoms with Crippen molar-refractivity contribution in [2.24, 2.45) is 5.92 Å². The predicted molar refractivity (Wildman–Crippen MR) is 81.4 cm³/mol. The highest BCUT2D eigenvalue weighted by atomic mass is 16.5. The van der Waals surface area contributed by atoms with Gasteiger partial charge in [0.1, 0.15) is 0 Å². The zero-order valence-corrected chi connectivity index (χ0v) is 13.0. The van der Waals surface area contributed by atoms with Gasteiger partial charge in [-0.2, -0.15) is 0 Å². The molecule has 1 atom stereocenters. The predicted octanol–water partition coefficient (Wildman–Crippen LogP) is 3.19. The Labute approximate surface area is 122 Å². The third-order valence-electron chi connectivity index (χ3n) is 4.24. The maximum Gasteiger partial charge on any atom is 0.151 e. The van der Waals surface area contributed by atoms with E-state index in [0.717, 1.165) is 43.4 Å². The molecule has 4 nitrogen and oxygen atoms in total. The lowest BCUT2D eigenvalue weighted by Gasteiger charge is -2.18. The summed E-state index contributed by atoms with van der Waals surface area (Å²) in [5.41, 5.74) is 1.02. The van der Waals surface area contributed by atoms with Crippen LogP contribution in [0, 0.1) is 5.92 Å². The van der Waals surface area contributed by atoms with E-state index in [-0.39, 0.29) is 0 Å². The molecule has 1 saturated heterocycles. The van der Waals surface area contributed by atoms with Crippen LogP contribution < -0.4 is 5.32 Å². The van der Waals surface area contributed by atoms with Gasteiger partial charge in [0, 0.05) is 12.6 Å². The summed E-state index contributed by atoms with van der Waals surface area (Å²) in [6, 6.07) is 2.10. The molecule has 1 aromatic heterocycles. The Hall–Kier alpha value is -0.870. The maximum atomic E-state index is 5.46. The fraction of sp³-hybridized carbons (Fsp3) is 0.812. The smallest absolute Gasteiger partial charge is 0.151 e. The Balaban J connectivity index is 1.78. The minimum atomic E-state index is 0.815. The number of hydrogen-bond acceptors (Lipinski definition) is 4. The molecule has 2 rings (SSSR count). The van der Waals surface area contributed by atoms with Gasteiger partial charge < -0.3 is 9.84 Å². The van der Waals surface area contributed by atoms with Crippen LogP contribution in [0.3, 0.4) is 0 Å². The van der Waals surface area contributed by atoms with Gasteiger partial charge in [0.05, 0.1) is 12.2 Å². The van der Waals surface area contributed by atoms with Crippen LogP contribution in [0.4, 0.5) is 0 Å². The van der Waals surface area contributed by atoms with E-state index in [1.807, 2.05) is 0 Å². The Kier molecular flexibility index (Phi) is 6.54. The van der Waals surface area contributed by atoms with E-state index in [0.29, 0.717) is 0 Å². The summed E-state index contributed by atoms with van der Waals surface area (Å²) in [5, 5.41) is 7.50. The molecule has 0 saturated carbocycles. The van der Waals surface area contributed by atoms with Crippen molar-refractivity contribution in [2.45, 2.75) is 59.0 Å². The van der Waals surface area contributed by atoms with Crippen molar-refractivity contribution in [1.29, 1.82) is 0 Å². The van der Waals surface area contributed by atoms with Crippen LogP contribution >= 0.6 is 0 Å². The summed E-state index contributed by atoms with van der Waals surface area (Å²) in [7, 11) is 0. The standard InChI is InChI=1S/C16H29N3O/c1-3-8-17-12-15-11-16(20-18-15)13-19-9-5-6-14(4-2)7-10-19/h11,14,17H,3-10,12-13H2,1-2H3. The first-order valence-corrected chi connectivity index (χ1v) is 8.19. The molecule has 1 aliphatic rings. The van der Waals surface area contributed by atoms with Crippen molar-refractivity contribution >= 4 is 0 Å². The summed E-state index contributed by atoms with van der Waals surface area (Å²) in [6.07, 6.45) is 6.50. The van der Waals surface area contributed by atoms with Crippen LogP contribution in [0.2, 0.25) is 0 Å². The van der Waals surface area contributed by atoms with Crippen molar-refractivity contribution < 1.29 is 4.52 Å². The molecule has 0 spiro atoms. The molecule has 1 unspecified atom stereocenters. The highest BCUT2D eigenvalue weighted by molar-refractivity contribution is 5.05. The molecule has 1 aliphatic heterocycles. The van der Waals surface area contributed by atoms with Crippen LogP contribution in [0.5, 0.6) is 0 Å².